The van der Waals surface area contributed by atoms with Gasteiger partial charge in [-0.3, -0.25) is 0 Å². The molecule has 0 saturated heterocycles. The van der Waals surface area contributed by atoms with Crippen molar-refractivity contribution in [1.29, 1.82) is 0 Å². The van der Waals surface area contributed by atoms with Gasteiger partial charge in [0.15, 0.2) is 0 Å². The van der Waals surface area contributed by atoms with Gasteiger partial charge in [0.05, 0.1) is 17.3 Å². The number of methoxy groups -OCH3 is 1. The average Bonchev–Trinajstić information content (AvgIpc) is 3.11. The van der Waals surface area contributed by atoms with Crippen molar-refractivity contribution in [2.24, 2.45) is 5.92 Å². The normalized spacial score (nSPS) is 25.3. The summed E-state index contributed by atoms with van der Waals surface area (Å²) in [7, 11) is 3.67. The second-order valence-electron chi connectivity index (χ2n) is 7.12. The van der Waals surface area contributed by atoms with Gasteiger partial charge in [0.2, 0.25) is 0 Å². The zero-order valence-electron chi connectivity index (χ0n) is 14.4. The van der Waals surface area contributed by atoms with Gasteiger partial charge >= 0.3 is 0 Å². The lowest BCUT2D eigenvalue weighted by Crippen LogP contribution is -2.49. The summed E-state index contributed by atoms with van der Waals surface area (Å²) in [6.45, 7) is 8.21. The van der Waals surface area contributed by atoms with E-state index in [0.717, 1.165) is 12.0 Å². The van der Waals surface area contributed by atoms with Crippen molar-refractivity contribution >= 4 is 0 Å². The van der Waals surface area contributed by atoms with Gasteiger partial charge < -0.3 is 14.8 Å². The maximum Gasteiger partial charge on any atom is 0.123 e. The molecule has 1 fully saturated rings. The van der Waals surface area contributed by atoms with Gasteiger partial charge in [0.1, 0.15) is 5.82 Å². The molecule has 0 spiro atoms. The third-order valence-electron chi connectivity index (χ3n) is 5.21. The van der Waals surface area contributed by atoms with Crippen LogP contribution in [0.1, 0.15) is 33.3 Å². The van der Waals surface area contributed by atoms with Crippen molar-refractivity contribution in [2.45, 2.75) is 57.5 Å². The van der Waals surface area contributed by atoms with Crippen LogP contribution < -0.4 is 5.32 Å². The highest BCUT2D eigenvalue weighted by Crippen LogP contribution is 2.42. The van der Waals surface area contributed by atoms with Crippen LogP contribution in [0.3, 0.4) is 0 Å². The SMILES string of the molecule is CNC1C(Cc2ccc(F)cc2)[C@@H]1OC(C)(C)C(C)(C)OC. The van der Waals surface area contributed by atoms with E-state index >= 15 is 0 Å². The Balaban J connectivity index is 2.01. The van der Waals surface area contributed by atoms with Crippen LogP contribution in [0.2, 0.25) is 0 Å². The van der Waals surface area contributed by atoms with E-state index in [0.29, 0.717) is 12.0 Å². The monoisotopic (exact) mass is 309 g/mol. The second kappa shape index (κ2) is 6.26. The standard InChI is InChI=1S/C18H28FNO2/c1-17(2,21-6)18(3,4)22-16-14(15(16)20-5)11-12-7-9-13(19)10-8-12/h7-10,14-16,20H,11H2,1-6H3/t14?,15?,16-/m0/s1. The van der Waals surface area contributed by atoms with Crippen molar-refractivity contribution in [2.75, 3.05) is 14.2 Å². The summed E-state index contributed by atoms with van der Waals surface area (Å²) in [4.78, 5) is 0. The van der Waals surface area contributed by atoms with Gasteiger partial charge in [-0.15, -0.1) is 0 Å². The molecule has 22 heavy (non-hydrogen) atoms. The Hall–Kier alpha value is -0.970. The Morgan fingerprint density at radius 3 is 2.18 bits per heavy atom. The molecule has 1 aromatic carbocycles. The molecule has 4 heteroatoms. The number of likely N-dealkylation sites (N-methyl/N-ethyl adjacent to an activating group) is 1. The molecule has 1 aliphatic carbocycles. The van der Waals surface area contributed by atoms with E-state index in [9.17, 15) is 4.39 Å². The number of halogens is 1. The molecule has 1 aromatic rings. The van der Waals surface area contributed by atoms with E-state index in [1.807, 2.05) is 33.0 Å². The van der Waals surface area contributed by atoms with Gasteiger partial charge in [-0.25, -0.2) is 4.39 Å². The summed E-state index contributed by atoms with van der Waals surface area (Å²) in [5.74, 6) is 0.211. The summed E-state index contributed by atoms with van der Waals surface area (Å²) < 4.78 is 24.9. The van der Waals surface area contributed by atoms with E-state index in [4.69, 9.17) is 9.47 Å². The van der Waals surface area contributed by atoms with Crippen molar-refractivity contribution in [3.05, 3.63) is 35.6 Å². The summed E-state index contributed by atoms with van der Waals surface area (Å²) in [5, 5.41) is 3.32. The summed E-state index contributed by atoms with van der Waals surface area (Å²) in [6.07, 6.45) is 1.04. The fourth-order valence-electron chi connectivity index (χ4n) is 2.75. The van der Waals surface area contributed by atoms with Gasteiger partial charge in [0, 0.05) is 19.1 Å². The van der Waals surface area contributed by atoms with Crippen LogP contribution in [-0.2, 0) is 15.9 Å². The smallest absolute Gasteiger partial charge is 0.123 e. The topological polar surface area (TPSA) is 30.5 Å². The van der Waals surface area contributed by atoms with E-state index < -0.39 is 0 Å². The van der Waals surface area contributed by atoms with Gasteiger partial charge in [0.25, 0.3) is 0 Å². The third-order valence-corrected chi connectivity index (χ3v) is 5.21. The quantitative estimate of drug-likeness (QED) is 0.839. The predicted octanol–water partition coefficient (Wildman–Crippen LogP) is 3.17. The predicted molar refractivity (Wildman–Crippen MR) is 86.5 cm³/mol. The van der Waals surface area contributed by atoms with Crippen molar-refractivity contribution < 1.29 is 13.9 Å². The molecule has 1 N–H and O–H groups in total. The maximum absolute atomic E-state index is 13.0. The molecule has 1 aliphatic rings. The molecular weight excluding hydrogens is 281 g/mol. The number of rotatable bonds is 7. The average molecular weight is 309 g/mol. The first-order valence-corrected chi connectivity index (χ1v) is 7.86. The maximum atomic E-state index is 13.0. The van der Waals surface area contributed by atoms with E-state index in [1.54, 1.807) is 7.11 Å². The van der Waals surface area contributed by atoms with Crippen LogP contribution >= 0.6 is 0 Å². The highest BCUT2D eigenvalue weighted by Gasteiger charge is 2.54. The van der Waals surface area contributed by atoms with Crippen molar-refractivity contribution in [3.8, 4) is 0 Å². The molecule has 1 saturated carbocycles. The molecule has 2 unspecified atom stereocenters. The minimum atomic E-state index is -0.390. The third kappa shape index (κ3) is 3.50. The number of hydrogen-bond donors (Lipinski definition) is 1. The van der Waals surface area contributed by atoms with Crippen LogP contribution in [0, 0.1) is 11.7 Å². The van der Waals surface area contributed by atoms with Gasteiger partial charge in [-0.1, -0.05) is 12.1 Å². The molecule has 124 valence electrons. The molecule has 0 aliphatic heterocycles. The summed E-state index contributed by atoms with van der Waals surface area (Å²) in [6, 6.07) is 7.06. The highest BCUT2D eigenvalue weighted by atomic mass is 19.1. The highest BCUT2D eigenvalue weighted by molar-refractivity contribution is 5.21. The summed E-state index contributed by atoms with van der Waals surface area (Å²) in [5.41, 5.74) is 0.384. The Kier molecular flexibility index (Phi) is 4.95. The number of nitrogens with one attached hydrogen (secondary N) is 1. The molecule has 3 atom stereocenters. The van der Waals surface area contributed by atoms with Crippen molar-refractivity contribution in [3.63, 3.8) is 0 Å². The minimum absolute atomic E-state index is 0.152. The van der Waals surface area contributed by atoms with E-state index in [2.05, 4.69) is 19.2 Å². The molecule has 0 amide bonds. The first-order valence-electron chi connectivity index (χ1n) is 7.86. The summed E-state index contributed by atoms with van der Waals surface area (Å²) >= 11 is 0. The van der Waals surface area contributed by atoms with E-state index in [-0.39, 0.29) is 23.1 Å². The lowest BCUT2D eigenvalue weighted by molar-refractivity contribution is -0.172. The lowest BCUT2D eigenvalue weighted by atomic mass is 9.89. The zero-order chi connectivity index (χ0) is 16.5. The Morgan fingerprint density at radius 2 is 1.68 bits per heavy atom. The van der Waals surface area contributed by atoms with Crippen LogP contribution in [0.15, 0.2) is 24.3 Å². The fourth-order valence-corrected chi connectivity index (χ4v) is 2.75. The fraction of sp³-hybridized carbons (Fsp3) is 0.667. The molecule has 0 heterocycles. The molecule has 0 bridgehead atoms. The van der Waals surface area contributed by atoms with Gasteiger partial charge in [-0.05, 0) is 58.9 Å². The Bertz CT molecular complexity index is 498. The second-order valence-corrected chi connectivity index (χ2v) is 7.12. The number of benzene rings is 1. The van der Waals surface area contributed by atoms with Crippen LogP contribution in [-0.4, -0.2) is 37.5 Å². The number of ether oxygens (including phenoxy) is 2. The lowest BCUT2D eigenvalue weighted by Gasteiger charge is -2.40. The molecule has 0 radical (unpaired) electrons. The number of hydrogen-bond acceptors (Lipinski definition) is 3. The van der Waals surface area contributed by atoms with Gasteiger partial charge in [-0.2, -0.15) is 0 Å². The zero-order valence-corrected chi connectivity index (χ0v) is 14.4. The largest absolute Gasteiger partial charge is 0.376 e. The molecule has 3 nitrogen and oxygen atoms in total. The van der Waals surface area contributed by atoms with Crippen LogP contribution in [0.5, 0.6) is 0 Å². The van der Waals surface area contributed by atoms with Crippen LogP contribution in [0.25, 0.3) is 0 Å². The molecule has 0 aromatic heterocycles. The van der Waals surface area contributed by atoms with E-state index in [1.165, 1.54) is 12.1 Å². The Labute approximate surface area is 133 Å². The Morgan fingerprint density at radius 1 is 1.09 bits per heavy atom. The first-order chi connectivity index (χ1) is 10.2. The van der Waals surface area contributed by atoms with Crippen molar-refractivity contribution in [1.82, 2.24) is 5.32 Å². The van der Waals surface area contributed by atoms with Crippen LogP contribution in [0.4, 0.5) is 4.39 Å². The molecular formula is C18H28FNO2. The first kappa shape index (κ1) is 17.4. The molecule has 2 rings (SSSR count). The minimum Gasteiger partial charge on any atom is -0.376 e.